The maximum absolute atomic E-state index is 1.50. The molecule has 0 amide bonds. The van der Waals surface area contributed by atoms with E-state index in [1.807, 2.05) is 0 Å². The smallest absolute Gasteiger partial charge is 0 e. The average Bonchev–Trinajstić information content (AvgIpc) is 2.67. The molecule has 0 aliphatic heterocycles. The van der Waals surface area contributed by atoms with Gasteiger partial charge in [0, 0.05) is 21.7 Å². The largest absolute Gasteiger partial charge is 1.00 e. The third-order valence-electron chi connectivity index (χ3n) is 2.50. The fourth-order valence-electron chi connectivity index (χ4n) is 1.77. The molecule has 0 aromatic carbocycles. The molecule has 0 heterocycles. The Bertz CT molecular complexity index is 43.0. The Morgan fingerprint density at radius 3 is 0.500 bits per heavy atom. The minimum absolute atomic E-state index is 0. The van der Waals surface area contributed by atoms with Crippen LogP contribution in [-0.4, -0.2) is 0 Å². The Kier molecular flexibility index (Phi) is 15.5. The molecule has 0 N–H and O–H groups in total. The third-order valence-corrected chi connectivity index (χ3v) is 2.50. The number of hydrogen-bond acceptors (Lipinski definition) is 0. The molecule has 0 nitrogen and oxygen atoms in total. The van der Waals surface area contributed by atoms with Crippen molar-refractivity contribution in [3.05, 3.63) is 0 Å². The molecule has 0 bridgehead atoms. The van der Waals surface area contributed by atoms with E-state index in [9.17, 15) is 0 Å². The van der Waals surface area contributed by atoms with Gasteiger partial charge in [-0.05, 0) is 0 Å². The Labute approximate surface area is 98.2 Å². The van der Waals surface area contributed by atoms with Gasteiger partial charge in [0.25, 0.3) is 0 Å². The maximum atomic E-state index is 1.50. The standard InChI is InChI=1S/2C5H10.ClH.Ti/c2*1-2-4-5-3-1;;/h2*1-5H2;1H;/p-1. The van der Waals surface area contributed by atoms with Gasteiger partial charge in [-0.25, -0.2) is 0 Å². The first-order valence-electron chi connectivity index (χ1n) is 5.00. The average molecular weight is 224 g/mol. The van der Waals surface area contributed by atoms with Crippen molar-refractivity contribution in [2.24, 2.45) is 0 Å². The zero-order chi connectivity index (χ0) is 7.07. The predicted octanol–water partition coefficient (Wildman–Crippen LogP) is 0.902. The Balaban J connectivity index is 0. The molecule has 2 aliphatic carbocycles. The van der Waals surface area contributed by atoms with Crippen LogP contribution in [-0.2, 0) is 21.7 Å². The van der Waals surface area contributed by atoms with Crippen molar-refractivity contribution in [1.82, 2.24) is 0 Å². The molecule has 2 saturated carbocycles. The molecule has 0 aromatic rings. The fourth-order valence-corrected chi connectivity index (χ4v) is 1.77. The van der Waals surface area contributed by atoms with Crippen LogP contribution in [0.4, 0.5) is 0 Å². The van der Waals surface area contributed by atoms with Crippen molar-refractivity contribution >= 4 is 0 Å². The molecular formula is C10H20ClTi-. The van der Waals surface area contributed by atoms with Crippen molar-refractivity contribution in [2.45, 2.75) is 64.2 Å². The van der Waals surface area contributed by atoms with Crippen LogP contribution in [0.2, 0.25) is 0 Å². The molecule has 0 saturated heterocycles. The van der Waals surface area contributed by atoms with Gasteiger partial charge in [0.05, 0.1) is 0 Å². The van der Waals surface area contributed by atoms with Gasteiger partial charge >= 0.3 is 0 Å². The van der Waals surface area contributed by atoms with Crippen molar-refractivity contribution in [2.75, 3.05) is 0 Å². The summed E-state index contributed by atoms with van der Waals surface area (Å²) in [6.07, 6.45) is 15.0. The normalized spacial score (nSPS) is 20.0. The second kappa shape index (κ2) is 12.0. The summed E-state index contributed by atoms with van der Waals surface area (Å²) in [7, 11) is 0. The number of halogens is 1. The summed E-state index contributed by atoms with van der Waals surface area (Å²) < 4.78 is 0. The Morgan fingerprint density at radius 1 is 0.333 bits per heavy atom. The van der Waals surface area contributed by atoms with E-state index in [0.717, 1.165) is 0 Å². The van der Waals surface area contributed by atoms with Gasteiger partial charge in [-0.1, -0.05) is 64.2 Å². The van der Waals surface area contributed by atoms with Gasteiger partial charge in [0.1, 0.15) is 0 Å². The van der Waals surface area contributed by atoms with Crippen molar-refractivity contribution in [1.29, 1.82) is 0 Å². The van der Waals surface area contributed by atoms with Crippen LogP contribution in [0.25, 0.3) is 0 Å². The molecule has 12 heavy (non-hydrogen) atoms. The molecular weight excluding hydrogens is 203 g/mol. The van der Waals surface area contributed by atoms with Gasteiger partial charge in [0.2, 0.25) is 0 Å². The minimum Gasteiger partial charge on any atom is -1.00 e. The molecule has 0 aromatic heterocycles. The fraction of sp³-hybridized carbons (Fsp3) is 1.00. The summed E-state index contributed by atoms with van der Waals surface area (Å²) in [6, 6.07) is 0. The van der Waals surface area contributed by atoms with Crippen LogP contribution in [0.5, 0.6) is 0 Å². The first-order valence-corrected chi connectivity index (χ1v) is 5.00. The Morgan fingerprint density at radius 2 is 0.417 bits per heavy atom. The summed E-state index contributed by atoms with van der Waals surface area (Å²) >= 11 is 0. The topological polar surface area (TPSA) is 0 Å². The first kappa shape index (κ1) is 15.5. The first-order chi connectivity index (χ1) is 5.00. The van der Waals surface area contributed by atoms with E-state index in [1.54, 1.807) is 0 Å². The zero-order valence-corrected chi connectivity index (χ0v) is 10.3. The Hall–Kier alpha value is 1.00. The molecule has 0 spiro atoms. The summed E-state index contributed by atoms with van der Waals surface area (Å²) in [5.41, 5.74) is 0. The van der Waals surface area contributed by atoms with Crippen molar-refractivity contribution in [3.8, 4) is 0 Å². The van der Waals surface area contributed by atoms with Gasteiger partial charge in [-0.2, -0.15) is 0 Å². The molecule has 72 valence electrons. The molecule has 2 fully saturated rings. The monoisotopic (exact) mass is 223 g/mol. The van der Waals surface area contributed by atoms with E-state index in [4.69, 9.17) is 0 Å². The van der Waals surface area contributed by atoms with E-state index in [-0.39, 0.29) is 34.1 Å². The quantitative estimate of drug-likeness (QED) is 0.536. The van der Waals surface area contributed by atoms with E-state index >= 15 is 0 Å². The van der Waals surface area contributed by atoms with E-state index < -0.39 is 0 Å². The number of hydrogen-bond donors (Lipinski definition) is 0. The van der Waals surface area contributed by atoms with E-state index in [0.29, 0.717) is 0 Å². The van der Waals surface area contributed by atoms with Gasteiger partial charge in [-0.15, -0.1) is 0 Å². The summed E-state index contributed by atoms with van der Waals surface area (Å²) in [6.45, 7) is 0. The second-order valence-corrected chi connectivity index (χ2v) is 3.54. The van der Waals surface area contributed by atoms with E-state index in [1.165, 1.54) is 64.2 Å². The maximum Gasteiger partial charge on any atom is 0 e. The van der Waals surface area contributed by atoms with E-state index in [2.05, 4.69) is 0 Å². The van der Waals surface area contributed by atoms with Gasteiger partial charge in [0.15, 0.2) is 0 Å². The van der Waals surface area contributed by atoms with Crippen LogP contribution >= 0.6 is 0 Å². The van der Waals surface area contributed by atoms with Crippen LogP contribution in [0, 0.1) is 0 Å². The molecule has 2 rings (SSSR count). The summed E-state index contributed by atoms with van der Waals surface area (Å²) in [5.74, 6) is 0. The molecule has 0 radical (unpaired) electrons. The number of rotatable bonds is 0. The van der Waals surface area contributed by atoms with Crippen LogP contribution < -0.4 is 12.4 Å². The predicted molar refractivity (Wildman–Crippen MR) is 46.2 cm³/mol. The van der Waals surface area contributed by atoms with Gasteiger partial charge in [-0.3, -0.25) is 0 Å². The zero-order valence-electron chi connectivity index (χ0n) is 7.95. The SMILES string of the molecule is C1CCCC1.C1CCCC1.[Cl-].[Ti]. The second-order valence-electron chi connectivity index (χ2n) is 3.54. The van der Waals surface area contributed by atoms with Crippen molar-refractivity contribution in [3.63, 3.8) is 0 Å². The van der Waals surface area contributed by atoms with Crippen LogP contribution in [0.3, 0.4) is 0 Å². The summed E-state index contributed by atoms with van der Waals surface area (Å²) in [5, 5.41) is 0. The molecule has 2 heteroatoms. The van der Waals surface area contributed by atoms with Crippen molar-refractivity contribution < 1.29 is 34.1 Å². The minimum atomic E-state index is 0. The molecule has 0 atom stereocenters. The van der Waals surface area contributed by atoms with Crippen LogP contribution in [0.1, 0.15) is 64.2 Å². The third kappa shape index (κ3) is 9.10. The van der Waals surface area contributed by atoms with Gasteiger partial charge < -0.3 is 12.4 Å². The molecule has 0 unspecified atom stereocenters. The molecule has 2 aliphatic rings. The summed E-state index contributed by atoms with van der Waals surface area (Å²) in [4.78, 5) is 0. The van der Waals surface area contributed by atoms with Crippen LogP contribution in [0.15, 0.2) is 0 Å².